The molecule has 0 spiro atoms. The first-order chi connectivity index (χ1) is 17.7. The first-order valence-corrected chi connectivity index (χ1v) is 13.4. The zero-order valence-corrected chi connectivity index (χ0v) is 21.7. The number of ether oxygens (including phenoxy) is 2. The molecular formula is C24H29N7O5S. The van der Waals surface area contributed by atoms with Crippen LogP contribution >= 0.6 is 0 Å². The van der Waals surface area contributed by atoms with E-state index in [0.717, 1.165) is 0 Å². The molecule has 1 aliphatic carbocycles. The van der Waals surface area contributed by atoms with E-state index < -0.39 is 20.7 Å². The summed E-state index contributed by atoms with van der Waals surface area (Å²) in [6, 6.07) is 3.42. The number of carbonyl (C=O) groups excluding carboxylic acids is 1. The topological polar surface area (TPSA) is 158 Å². The Labute approximate surface area is 215 Å². The van der Waals surface area contributed by atoms with Gasteiger partial charge >= 0.3 is 0 Å². The highest BCUT2D eigenvalue weighted by Gasteiger charge is 2.39. The predicted octanol–water partition coefficient (Wildman–Crippen LogP) is 2.56. The lowest BCUT2D eigenvalue weighted by Gasteiger charge is -2.27. The van der Waals surface area contributed by atoms with Crippen molar-refractivity contribution in [3.05, 3.63) is 48.8 Å². The lowest BCUT2D eigenvalue weighted by molar-refractivity contribution is -0.121. The second-order valence-corrected chi connectivity index (χ2v) is 10.7. The van der Waals surface area contributed by atoms with E-state index in [1.54, 1.807) is 31.5 Å². The van der Waals surface area contributed by atoms with Crippen molar-refractivity contribution < 1.29 is 22.7 Å². The maximum atomic E-state index is 13.5. The summed E-state index contributed by atoms with van der Waals surface area (Å²) in [5, 5.41) is 2.41. The zero-order valence-electron chi connectivity index (χ0n) is 20.8. The Morgan fingerprint density at radius 3 is 2.54 bits per heavy atom. The number of methoxy groups -OCH3 is 1. The number of sulfonamides is 1. The highest BCUT2D eigenvalue weighted by molar-refractivity contribution is 7.93. The third-order valence-corrected chi connectivity index (χ3v) is 7.77. The summed E-state index contributed by atoms with van der Waals surface area (Å²) < 4.78 is 37.8. The van der Waals surface area contributed by atoms with Crippen LogP contribution in [0.3, 0.4) is 0 Å². The van der Waals surface area contributed by atoms with E-state index in [2.05, 4.69) is 35.0 Å². The van der Waals surface area contributed by atoms with Gasteiger partial charge in [0.25, 0.3) is 0 Å². The summed E-state index contributed by atoms with van der Waals surface area (Å²) in [4.78, 5) is 34.9. The third-order valence-electron chi connectivity index (χ3n) is 5.92. The number of anilines is 2. The molecule has 2 N–H and O–H groups in total. The Hall–Kier alpha value is -3.71. The third kappa shape index (κ3) is 6.35. The fourth-order valence-electron chi connectivity index (χ4n) is 3.53. The average Bonchev–Trinajstić information content (AvgIpc) is 3.75. The van der Waals surface area contributed by atoms with Gasteiger partial charge < -0.3 is 14.8 Å². The van der Waals surface area contributed by atoms with E-state index in [4.69, 9.17) is 9.47 Å². The minimum absolute atomic E-state index is 0.0683. The normalized spacial score (nSPS) is 15.0. The van der Waals surface area contributed by atoms with Gasteiger partial charge in [-0.3, -0.25) is 19.5 Å². The SMILES string of the molecule is CCOc1cncc(-c2ccc(NC(=O)C(C)(CCOC)c3cncc(NS(=O)(=O)C4CC4)n3)nc2)n1. The lowest BCUT2D eigenvalue weighted by atomic mass is 9.82. The highest BCUT2D eigenvalue weighted by Crippen LogP contribution is 2.31. The van der Waals surface area contributed by atoms with Crippen molar-refractivity contribution >= 4 is 27.6 Å². The van der Waals surface area contributed by atoms with Gasteiger partial charge in [0.1, 0.15) is 5.82 Å². The predicted molar refractivity (Wildman–Crippen MR) is 137 cm³/mol. The van der Waals surface area contributed by atoms with Crippen LogP contribution in [0.25, 0.3) is 11.3 Å². The Bertz CT molecular complexity index is 1350. The van der Waals surface area contributed by atoms with Crippen LogP contribution in [0, 0.1) is 0 Å². The maximum Gasteiger partial charge on any atom is 0.237 e. The molecule has 3 aromatic rings. The molecule has 13 heteroatoms. The molecule has 0 radical (unpaired) electrons. The quantitative estimate of drug-likeness (QED) is 0.358. The van der Waals surface area contributed by atoms with Gasteiger partial charge in [-0.15, -0.1) is 0 Å². The summed E-state index contributed by atoms with van der Waals surface area (Å²) in [6.07, 6.45) is 9.00. The van der Waals surface area contributed by atoms with E-state index >= 15 is 0 Å². The minimum Gasteiger partial charge on any atom is -0.477 e. The van der Waals surface area contributed by atoms with E-state index in [1.165, 1.54) is 25.7 Å². The number of rotatable bonds is 12. The maximum absolute atomic E-state index is 13.5. The first kappa shape index (κ1) is 26.4. The number of hydrogen-bond donors (Lipinski definition) is 2. The second-order valence-electron chi connectivity index (χ2n) is 8.77. The highest BCUT2D eigenvalue weighted by atomic mass is 32.2. The Balaban J connectivity index is 1.53. The molecule has 0 aliphatic heterocycles. The van der Waals surface area contributed by atoms with Crippen LogP contribution in [0.2, 0.25) is 0 Å². The molecule has 1 fully saturated rings. The van der Waals surface area contributed by atoms with Crippen LogP contribution in [0.1, 0.15) is 38.8 Å². The summed E-state index contributed by atoms with van der Waals surface area (Å²) in [6.45, 7) is 4.31. The van der Waals surface area contributed by atoms with Crippen LogP contribution < -0.4 is 14.8 Å². The summed E-state index contributed by atoms with van der Waals surface area (Å²) in [7, 11) is -1.99. The van der Waals surface area contributed by atoms with Gasteiger partial charge in [-0.2, -0.15) is 0 Å². The fourth-order valence-corrected chi connectivity index (χ4v) is 4.84. The van der Waals surface area contributed by atoms with Crippen LogP contribution in [0.15, 0.2) is 43.1 Å². The van der Waals surface area contributed by atoms with Crippen molar-refractivity contribution in [1.82, 2.24) is 24.9 Å². The smallest absolute Gasteiger partial charge is 0.237 e. The molecule has 3 heterocycles. The molecule has 1 unspecified atom stereocenters. The number of nitrogens with one attached hydrogen (secondary N) is 2. The van der Waals surface area contributed by atoms with E-state index in [0.29, 0.717) is 48.1 Å². The molecule has 1 saturated carbocycles. The monoisotopic (exact) mass is 527 g/mol. The van der Waals surface area contributed by atoms with Gasteiger partial charge in [-0.05, 0) is 45.2 Å². The molecule has 0 aromatic carbocycles. The van der Waals surface area contributed by atoms with Crippen molar-refractivity contribution in [2.24, 2.45) is 0 Å². The van der Waals surface area contributed by atoms with Crippen LogP contribution in [0.4, 0.5) is 11.6 Å². The van der Waals surface area contributed by atoms with Crippen LogP contribution in [-0.4, -0.2) is 64.8 Å². The van der Waals surface area contributed by atoms with E-state index in [1.807, 2.05) is 6.92 Å². The van der Waals surface area contributed by atoms with E-state index in [9.17, 15) is 13.2 Å². The minimum atomic E-state index is -3.53. The first-order valence-electron chi connectivity index (χ1n) is 11.8. The average molecular weight is 528 g/mol. The van der Waals surface area contributed by atoms with Crippen molar-refractivity contribution in [2.45, 2.75) is 43.8 Å². The van der Waals surface area contributed by atoms with Gasteiger partial charge in [0.15, 0.2) is 5.82 Å². The molecule has 12 nitrogen and oxygen atoms in total. The van der Waals surface area contributed by atoms with Crippen LogP contribution in [0.5, 0.6) is 5.88 Å². The molecule has 0 saturated heterocycles. The molecule has 3 aromatic heterocycles. The van der Waals surface area contributed by atoms with E-state index in [-0.39, 0.29) is 24.8 Å². The van der Waals surface area contributed by atoms with Crippen molar-refractivity contribution in [3.8, 4) is 17.1 Å². The van der Waals surface area contributed by atoms with Crippen molar-refractivity contribution in [3.63, 3.8) is 0 Å². The molecular weight excluding hydrogens is 498 g/mol. The molecule has 196 valence electrons. The van der Waals surface area contributed by atoms with Gasteiger partial charge in [0, 0.05) is 31.7 Å². The zero-order chi connectivity index (χ0) is 26.5. The number of hydrogen-bond acceptors (Lipinski definition) is 10. The van der Waals surface area contributed by atoms with Crippen molar-refractivity contribution in [1.29, 1.82) is 0 Å². The summed E-state index contributed by atoms with van der Waals surface area (Å²) >= 11 is 0. The standard InChI is InChI=1S/C24H29N7O5S/c1-4-36-22-15-25-12-18(28-22)16-5-8-20(27-11-16)30-23(32)24(2,9-10-35-3)19-13-26-14-21(29-19)31-37(33,34)17-6-7-17/h5,8,11-15,17H,4,6-7,9-10H2,1-3H3,(H,29,31)(H,27,30,32). The largest absolute Gasteiger partial charge is 0.477 e. The van der Waals surface area contributed by atoms with Gasteiger partial charge in [0.05, 0.1) is 47.3 Å². The number of amides is 1. The Morgan fingerprint density at radius 2 is 1.86 bits per heavy atom. The second kappa shape index (κ2) is 11.1. The van der Waals surface area contributed by atoms with Crippen LogP contribution in [-0.2, 0) is 25.0 Å². The van der Waals surface area contributed by atoms with Gasteiger partial charge in [-0.25, -0.2) is 23.4 Å². The molecule has 1 amide bonds. The molecule has 37 heavy (non-hydrogen) atoms. The number of carbonyl (C=O) groups is 1. The summed E-state index contributed by atoms with van der Waals surface area (Å²) in [5.74, 6) is 0.414. The number of nitrogens with zero attached hydrogens (tertiary/aromatic N) is 5. The molecule has 0 bridgehead atoms. The lowest BCUT2D eigenvalue weighted by Crippen LogP contribution is -2.40. The Kier molecular flexibility index (Phi) is 7.93. The summed E-state index contributed by atoms with van der Waals surface area (Å²) in [5.41, 5.74) is 0.414. The van der Waals surface area contributed by atoms with Gasteiger partial charge in [0.2, 0.25) is 21.8 Å². The molecule has 1 atom stereocenters. The number of pyridine rings is 1. The fraction of sp³-hybridized carbons (Fsp3) is 0.417. The molecule has 1 aliphatic rings. The van der Waals surface area contributed by atoms with Crippen molar-refractivity contribution in [2.75, 3.05) is 30.4 Å². The molecule has 4 rings (SSSR count). The van der Waals surface area contributed by atoms with Gasteiger partial charge in [-0.1, -0.05) is 0 Å². The Morgan fingerprint density at radius 1 is 1.08 bits per heavy atom. The number of aromatic nitrogens is 5.